The van der Waals surface area contributed by atoms with E-state index in [0.29, 0.717) is 28.5 Å². The molecule has 0 saturated carbocycles. The second kappa shape index (κ2) is 7.38. The first kappa shape index (κ1) is 17.0. The molecular formula is C16H23N5O2S. The third kappa shape index (κ3) is 3.48. The van der Waals surface area contributed by atoms with Gasteiger partial charge in [-0.2, -0.15) is 5.10 Å². The lowest BCUT2D eigenvalue weighted by molar-refractivity contribution is -0.127. The number of thioether (sulfide) groups is 1. The monoisotopic (exact) mass is 349 g/mol. The summed E-state index contributed by atoms with van der Waals surface area (Å²) in [5.41, 5.74) is 0.861. The van der Waals surface area contributed by atoms with Crippen LogP contribution in [0.1, 0.15) is 32.6 Å². The number of fused-ring (bicyclic) bond motifs is 1. The lowest BCUT2D eigenvalue weighted by Gasteiger charge is -2.15. The zero-order valence-electron chi connectivity index (χ0n) is 14.2. The summed E-state index contributed by atoms with van der Waals surface area (Å²) in [4.78, 5) is 31.5. The van der Waals surface area contributed by atoms with Gasteiger partial charge < -0.3 is 4.90 Å². The van der Waals surface area contributed by atoms with Crippen molar-refractivity contribution in [2.24, 2.45) is 7.05 Å². The molecule has 0 radical (unpaired) electrons. The van der Waals surface area contributed by atoms with E-state index >= 15 is 0 Å². The molecule has 8 heteroatoms. The Labute approximate surface area is 145 Å². The average molecular weight is 349 g/mol. The van der Waals surface area contributed by atoms with Gasteiger partial charge in [-0.3, -0.25) is 18.8 Å². The van der Waals surface area contributed by atoms with Crippen molar-refractivity contribution in [3.63, 3.8) is 0 Å². The zero-order valence-corrected chi connectivity index (χ0v) is 15.0. The van der Waals surface area contributed by atoms with Gasteiger partial charge in [0.05, 0.1) is 11.9 Å². The normalized spacial score (nSPS) is 14.7. The minimum Gasteiger partial charge on any atom is -0.342 e. The molecule has 1 aliphatic heterocycles. The van der Waals surface area contributed by atoms with Crippen molar-refractivity contribution in [1.82, 2.24) is 24.2 Å². The Morgan fingerprint density at radius 1 is 1.33 bits per heavy atom. The van der Waals surface area contributed by atoms with Crippen LogP contribution in [0.2, 0.25) is 0 Å². The molecule has 0 aromatic carbocycles. The molecule has 0 N–H and O–H groups in total. The van der Waals surface area contributed by atoms with Gasteiger partial charge in [0.2, 0.25) is 5.91 Å². The number of aryl methyl sites for hydroxylation is 1. The maximum absolute atomic E-state index is 12.7. The first-order valence-corrected chi connectivity index (χ1v) is 9.43. The number of carbonyl (C=O) groups excluding carboxylic acids is 1. The van der Waals surface area contributed by atoms with Gasteiger partial charge in [0, 0.05) is 26.7 Å². The molecule has 1 amide bonds. The van der Waals surface area contributed by atoms with Crippen LogP contribution in [-0.2, 0) is 18.4 Å². The highest BCUT2D eigenvalue weighted by Gasteiger charge is 2.20. The molecule has 130 valence electrons. The van der Waals surface area contributed by atoms with Gasteiger partial charge in [0.1, 0.15) is 5.52 Å². The van der Waals surface area contributed by atoms with Crippen LogP contribution in [0.4, 0.5) is 0 Å². The SMILES string of the molecule is CCCCn1c(SCC(=O)N2CCCC2)nc2cn(C)nc2c1=O. The highest BCUT2D eigenvalue weighted by molar-refractivity contribution is 7.99. The van der Waals surface area contributed by atoms with Gasteiger partial charge in [0.15, 0.2) is 10.7 Å². The van der Waals surface area contributed by atoms with Crippen molar-refractivity contribution in [3.05, 3.63) is 16.6 Å². The highest BCUT2D eigenvalue weighted by Crippen LogP contribution is 2.19. The molecule has 0 atom stereocenters. The number of hydrogen-bond acceptors (Lipinski definition) is 5. The fraction of sp³-hybridized carbons (Fsp3) is 0.625. The lowest BCUT2D eigenvalue weighted by Crippen LogP contribution is -2.30. The van der Waals surface area contributed by atoms with E-state index in [1.165, 1.54) is 11.8 Å². The molecule has 0 bridgehead atoms. The number of aromatic nitrogens is 4. The first-order chi connectivity index (χ1) is 11.6. The van der Waals surface area contributed by atoms with Gasteiger partial charge in [-0.1, -0.05) is 25.1 Å². The van der Waals surface area contributed by atoms with Crippen LogP contribution in [0.15, 0.2) is 16.1 Å². The van der Waals surface area contributed by atoms with Crippen LogP contribution in [-0.4, -0.2) is 49.0 Å². The fourth-order valence-corrected chi connectivity index (χ4v) is 3.82. The van der Waals surface area contributed by atoms with Crippen molar-refractivity contribution in [2.45, 2.75) is 44.3 Å². The summed E-state index contributed by atoms with van der Waals surface area (Å²) in [5.74, 6) is 0.449. The summed E-state index contributed by atoms with van der Waals surface area (Å²) < 4.78 is 3.27. The molecule has 2 aromatic heterocycles. The lowest BCUT2D eigenvalue weighted by atomic mass is 10.3. The van der Waals surface area contributed by atoms with Gasteiger partial charge in [-0.05, 0) is 19.3 Å². The number of amides is 1. The largest absolute Gasteiger partial charge is 0.342 e. The van der Waals surface area contributed by atoms with Gasteiger partial charge >= 0.3 is 0 Å². The van der Waals surface area contributed by atoms with E-state index in [2.05, 4.69) is 17.0 Å². The average Bonchev–Trinajstić information content (AvgIpc) is 3.21. The topological polar surface area (TPSA) is 73.0 Å². The van der Waals surface area contributed by atoms with Crippen LogP contribution in [0.3, 0.4) is 0 Å². The Morgan fingerprint density at radius 3 is 2.79 bits per heavy atom. The van der Waals surface area contributed by atoms with E-state index in [1.807, 2.05) is 4.90 Å². The van der Waals surface area contributed by atoms with Crippen LogP contribution < -0.4 is 5.56 Å². The minimum atomic E-state index is -0.120. The predicted molar refractivity (Wildman–Crippen MR) is 94.2 cm³/mol. The van der Waals surface area contributed by atoms with E-state index in [1.54, 1.807) is 22.5 Å². The predicted octanol–water partition coefficient (Wildman–Crippen LogP) is 1.64. The number of carbonyl (C=O) groups is 1. The molecule has 1 fully saturated rings. The first-order valence-electron chi connectivity index (χ1n) is 8.45. The number of likely N-dealkylation sites (tertiary alicyclic amines) is 1. The molecule has 3 heterocycles. The van der Waals surface area contributed by atoms with E-state index in [4.69, 9.17) is 0 Å². The molecule has 1 aliphatic rings. The number of nitrogens with zero attached hydrogens (tertiary/aromatic N) is 5. The van der Waals surface area contributed by atoms with Crippen LogP contribution in [0, 0.1) is 0 Å². The Balaban J connectivity index is 1.86. The smallest absolute Gasteiger partial charge is 0.282 e. The number of rotatable bonds is 6. The van der Waals surface area contributed by atoms with E-state index in [9.17, 15) is 9.59 Å². The van der Waals surface area contributed by atoms with E-state index in [0.717, 1.165) is 38.8 Å². The van der Waals surface area contributed by atoms with Crippen molar-refractivity contribution >= 4 is 28.7 Å². The Morgan fingerprint density at radius 2 is 2.08 bits per heavy atom. The summed E-state index contributed by atoms with van der Waals surface area (Å²) in [6, 6.07) is 0. The number of unbranched alkanes of at least 4 members (excludes halogenated alkanes) is 1. The summed E-state index contributed by atoms with van der Waals surface area (Å²) in [7, 11) is 1.78. The third-order valence-electron chi connectivity index (χ3n) is 4.22. The van der Waals surface area contributed by atoms with Crippen molar-refractivity contribution in [3.8, 4) is 0 Å². The van der Waals surface area contributed by atoms with Gasteiger partial charge in [-0.25, -0.2) is 4.98 Å². The Hall–Kier alpha value is -1.83. The van der Waals surface area contributed by atoms with E-state index < -0.39 is 0 Å². The maximum atomic E-state index is 12.7. The molecule has 0 aliphatic carbocycles. The molecule has 2 aromatic rings. The Kier molecular flexibility index (Phi) is 5.23. The van der Waals surface area contributed by atoms with Crippen molar-refractivity contribution in [2.75, 3.05) is 18.8 Å². The summed E-state index contributed by atoms with van der Waals surface area (Å²) in [6.45, 7) is 4.38. The summed E-state index contributed by atoms with van der Waals surface area (Å²) >= 11 is 1.35. The molecule has 24 heavy (non-hydrogen) atoms. The second-order valence-corrected chi connectivity index (χ2v) is 7.06. The quantitative estimate of drug-likeness (QED) is 0.586. The zero-order chi connectivity index (χ0) is 17.1. The standard InChI is InChI=1S/C16H23N5O2S/c1-3-4-9-21-15(23)14-12(10-19(2)18-14)17-16(21)24-11-13(22)20-7-5-6-8-20/h10H,3-9,11H2,1-2H3. The summed E-state index contributed by atoms with van der Waals surface area (Å²) in [6.07, 6.45) is 5.79. The Bertz CT molecular complexity index is 792. The molecule has 3 rings (SSSR count). The van der Waals surface area contributed by atoms with E-state index in [-0.39, 0.29) is 11.5 Å². The van der Waals surface area contributed by atoms with Gasteiger partial charge in [0.25, 0.3) is 5.56 Å². The molecule has 0 unspecified atom stereocenters. The highest BCUT2D eigenvalue weighted by atomic mass is 32.2. The second-order valence-electron chi connectivity index (χ2n) is 6.12. The van der Waals surface area contributed by atoms with Crippen LogP contribution in [0.5, 0.6) is 0 Å². The van der Waals surface area contributed by atoms with Crippen LogP contribution >= 0.6 is 11.8 Å². The van der Waals surface area contributed by atoms with Crippen molar-refractivity contribution < 1.29 is 4.79 Å². The van der Waals surface area contributed by atoms with Crippen LogP contribution in [0.25, 0.3) is 11.0 Å². The molecule has 7 nitrogen and oxygen atoms in total. The summed E-state index contributed by atoms with van der Waals surface area (Å²) in [5, 5.41) is 4.83. The molecule has 0 spiro atoms. The minimum absolute atomic E-state index is 0.120. The maximum Gasteiger partial charge on any atom is 0.282 e. The molecular weight excluding hydrogens is 326 g/mol. The molecule has 1 saturated heterocycles. The number of hydrogen-bond donors (Lipinski definition) is 0. The fourth-order valence-electron chi connectivity index (χ4n) is 2.90. The van der Waals surface area contributed by atoms with Crippen molar-refractivity contribution in [1.29, 1.82) is 0 Å². The van der Waals surface area contributed by atoms with Gasteiger partial charge in [-0.15, -0.1) is 0 Å². The third-order valence-corrected chi connectivity index (χ3v) is 5.18.